The molecule has 1 nitrogen and oxygen atoms in total. The highest BCUT2D eigenvalue weighted by Gasteiger charge is 2.00. The Kier molecular flexibility index (Phi) is 6.34. The van der Waals surface area contributed by atoms with Gasteiger partial charge in [0.15, 0.2) is 0 Å². The van der Waals surface area contributed by atoms with Crippen molar-refractivity contribution in [2.75, 3.05) is 0 Å². The molecular weight excluding hydrogens is 220 g/mol. The first-order chi connectivity index (χ1) is 8.76. The topological polar surface area (TPSA) is 9.23 Å². The molecule has 1 atom stereocenters. The molecule has 18 heavy (non-hydrogen) atoms. The molecular formula is C17H20O. The SMILES string of the molecule is C=C\C=C(/C=C\C=C/C)OC1=CC=CC(C)C=C1. The summed E-state index contributed by atoms with van der Waals surface area (Å²) < 4.78 is 5.80. The Morgan fingerprint density at radius 3 is 2.89 bits per heavy atom. The summed E-state index contributed by atoms with van der Waals surface area (Å²) in [5.41, 5.74) is 0. The molecule has 0 aromatic carbocycles. The van der Waals surface area contributed by atoms with Gasteiger partial charge in [-0.25, -0.2) is 0 Å². The minimum Gasteiger partial charge on any atom is -0.457 e. The molecule has 0 heterocycles. The van der Waals surface area contributed by atoms with Gasteiger partial charge in [-0.2, -0.15) is 0 Å². The summed E-state index contributed by atoms with van der Waals surface area (Å²) in [7, 11) is 0. The van der Waals surface area contributed by atoms with E-state index in [1.165, 1.54) is 0 Å². The van der Waals surface area contributed by atoms with E-state index < -0.39 is 0 Å². The molecule has 1 aliphatic carbocycles. The van der Waals surface area contributed by atoms with Gasteiger partial charge in [-0.15, -0.1) is 0 Å². The molecule has 1 heteroatoms. The van der Waals surface area contributed by atoms with Crippen LogP contribution in [0, 0.1) is 5.92 Å². The molecule has 1 aliphatic rings. The molecule has 0 aromatic heterocycles. The van der Waals surface area contributed by atoms with Gasteiger partial charge in [-0.05, 0) is 37.1 Å². The van der Waals surface area contributed by atoms with Gasteiger partial charge in [-0.3, -0.25) is 0 Å². The van der Waals surface area contributed by atoms with Crippen molar-refractivity contribution in [1.29, 1.82) is 0 Å². The molecule has 0 radical (unpaired) electrons. The Hall–Kier alpha value is -2.02. The summed E-state index contributed by atoms with van der Waals surface area (Å²) in [5.74, 6) is 2.03. The normalized spacial score (nSPS) is 20.2. The molecule has 0 spiro atoms. The van der Waals surface area contributed by atoms with Gasteiger partial charge in [0.25, 0.3) is 0 Å². The molecule has 0 saturated carbocycles. The Labute approximate surface area is 110 Å². The average Bonchev–Trinajstić information content (AvgIpc) is 2.55. The predicted octanol–water partition coefficient (Wildman–Crippen LogP) is 4.85. The van der Waals surface area contributed by atoms with Crippen LogP contribution in [0.15, 0.2) is 84.9 Å². The minimum atomic E-state index is 0.438. The minimum absolute atomic E-state index is 0.438. The van der Waals surface area contributed by atoms with E-state index in [9.17, 15) is 0 Å². The van der Waals surface area contributed by atoms with E-state index in [2.05, 4.69) is 25.7 Å². The second-order valence-corrected chi connectivity index (χ2v) is 3.96. The zero-order valence-electron chi connectivity index (χ0n) is 11.0. The van der Waals surface area contributed by atoms with Gasteiger partial charge in [0.1, 0.15) is 11.5 Å². The van der Waals surface area contributed by atoms with Crippen LogP contribution in [0.5, 0.6) is 0 Å². The molecule has 0 aliphatic heterocycles. The molecule has 1 unspecified atom stereocenters. The van der Waals surface area contributed by atoms with Crippen LogP contribution in [0.25, 0.3) is 0 Å². The number of hydrogen-bond donors (Lipinski definition) is 0. The van der Waals surface area contributed by atoms with Crippen molar-refractivity contribution in [1.82, 2.24) is 0 Å². The monoisotopic (exact) mass is 240 g/mol. The van der Waals surface area contributed by atoms with Crippen LogP contribution >= 0.6 is 0 Å². The lowest BCUT2D eigenvalue weighted by Crippen LogP contribution is -1.88. The summed E-state index contributed by atoms with van der Waals surface area (Å²) in [6.45, 7) is 7.80. The van der Waals surface area contributed by atoms with Crippen LogP contribution in [0.4, 0.5) is 0 Å². The van der Waals surface area contributed by atoms with Crippen molar-refractivity contribution in [2.24, 2.45) is 5.92 Å². The molecule has 1 rings (SSSR count). The molecule has 0 aromatic rings. The smallest absolute Gasteiger partial charge is 0.127 e. The van der Waals surface area contributed by atoms with Crippen molar-refractivity contribution >= 4 is 0 Å². The van der Waals surface area contributed by atoms with Gasteiger partial charge in [0, 0.05) is 0 Å². The summed E-state index contributed by atoms with van der Waals surface area (Å²) in [4.78, 5) is 0. The average molecular weight is 240 g/mol. The maximum atomic E-state index is 5.80. The second kappa shape index (κ2) is 8.13. The zero-order chi connectivity index (χ0) is 13.2. The van der Waals surface area contributed by atoms with E-state index in [-0.39, 0.29) is 0 Å². The molecule has 0 fully saturated rings. The lowest BCUT2D eigenvalue weighted by molar-refractivity contribution is 0.336. The molecule has 0 amide bonds. The Morgan fingerprint density at radius 2 is 2.17 bits per heavy atom. The van der Waals surface area contributed by atoms with Crippen molar-refractivity contribution in [2.45, 2.75) is 13.8 Å². The van der Waals surface area contributed by atoms with Gasteiger partial charge in [0.05, 0.1) is 0 Å². The highest BCUT2D eigenvalue weighted by molar-refractivity contribution is 5.29. The van der Waals surface area contributed by atoms with E-state index in [1.54, 1.807) is 6.08 Å². The summed E-state index contributed by atoms with van der Waals surface area (Å²) in [5, 5.41) is 0. The van der Waals surface area contributed by atoms with Gasteiger partial charge in [0.2, 0.25) is 0 Å². The first kappa shape index (κ1) is 14.0. The van der Waals surface area contributed by atoms with Gasteiger partial charge < -0.3 is 4.74 Å². The van der Waals surface area contributed by atoms with Crippen molar-refractivity contribution in [3.63, 3.8) is 0 Å². The first-order valence-electron chi connectivity index (χ1n) is 6.13. The lowest BCUT2D eigenvalue weighted by Gasteiger charge is -2.06. The van der Waals surface area contributed by atoms with Crippen LogP contribution < -0.4 is 0 Å². The summed E-state index contributed by atoms with van der Waals surface area (Å²) >= 11 is 0. The third-order valence-corrected chi connectivity index (χ3v) is 2.32. The zero-order valence-corrected chi connectivity index (χ0v) is 11.0. The van der Waals surface area contributed by atoms with Gasteiger partial charge >= 0.3 is 0 Å². The lowest BCUT2D eigenvalue weighted by atomic mass is 10.2. The van der Waals surface area contributed by atoms with E-state index in [0.29, 0.717) is 5.92 Å². The van der Waals surface area contributed by atoms with Crippen molar-refractivity contribution in [3.05, 3.63) is 84.9 Å². The van der Waals surface area contributed by atoms with E-state index in [4.69, 9.17) is 4.74 Å². The first-order valence-corrected chi connectivity index (χ1v) is 6.13. The van der Waals surface area contributed by atoms with Crippen LogP contribution in [-0.4, -0.2) is 0 Å². The largest absolute Gasteiger partial charge is 0.457 e. The maximum absolute atomic E-state index is 5.80. The van der Waals surface area contributed by atoms with Crippen LogP contribution in [-0.2, 0) is 4.74 Å². The highest BCUT2D eigenvalue weighted by atomic mass is 16.5. The second-order valence-electron chi connectivity index (χ2n) is 3.96. The number of rotatable bonds is 5. The fraction of sp³-hybridized carbons (Fsp3) is 0.176. The third kappa shape index (κ3) is 5.35. The summed E-state index contributed by atoms with van der Waals surface area (Å²) in [6, 6.07) is 0. The molecule has 0 bridgehead atoms. The van der Waals surface area contributed by atoms with Crippen molar-refractivity contribution in [3.8, 4) is 0 Å². The maximum Gasteiger partial charge on any atom is 0.127 e. The van der Waals surface area contributed by atoms with E-state index >= 15 is 0 Å². The quantitative estimate of drug-likeness (QED) is 0.493. The standard InChI is InChI=1S/C17H20O/c1-4-6-7-11-16(9-5-2)18-17-12-8-10-15(3)13-14-17/h4-15H,2H2,1,3H3/b6-4-,11-7-,16-9+. The predicted molar refractivity (Wildman–Crippen MR) is 78.8 cm³/mol. The molecule has 94 valence electrons. The summed E-state index contributed by atoms with van der Waals surface area (Å²) in [6.07, 6.45) is 21.5. The van der Waals surface area contributed by atoms with Gasteiger partial charge in [-0.1, -0.05) is 56.0 Å². The van der Waals surface area contributed by atoms with Crippen LogP contribution in [0.3, 0.4) is 0 Å². The Morgan fingerprint density at radius 1 is 1.33 bits per heavy atom. The van der Waals surface area contributed by atoms with Crippen LogP contribution in [0.1, 0.15) is 13.8 Å². The molecule has 0 saturated heterocycles. The Bertz CT molecular complexity index is 442. The fourth-order valence-corrected chi connectivity index (χ4v) is 1.40. The number of hydrogen-bond acceptors (Lipinski definition) is 1. The van der Waals surface area contributed by atoms with Crippen LogP contribution in [0.2, 0.25) is 0 Å². The molecule has 0 N–H and O–H groups in total. The van der Waals surface area contributed by atoms with E-state index in [1.807, 2.05) is 55.5 Å². The Balaban J connectivity index is 2.76. The number of ether oxygens (including phenoxy) is 1. The third-order valence-electron chi connectivity index (χ3n) is 2.32. The fourth-order valence-electron chi connectivity index (χ4n) is 1.40. The highest BCUT2D eigenvalue weighted by Crippen LogP contribution is 2.15. The van der Waals surface area contributed by atoms with Crippen molar-refractivity contribution < 1.29 is 4.74 Å². The van der Waals surface area contributed by atoms with E-state index in [0.717, 1.165) is 11.5 Å². The number of allylic oxidation sites excluding steroid dienone is 11.